The van der Waals surface area contributed by atoms with Crippen LogP contribution in [0.2, 0.25) is 0 Å². The Morgan fingerprint density at radius 2 is 1.62 bits per heavy atom. The Hall–Kier alpha value is -0.0400. The molecule has 1 heteroatoms. The van der Waals surface area contributed by atoms with Crippen LogP contribution in [0.15, 0.2) is 0 Å². The standard InChI is InChI=1S/C23H43N/c1-6-24(5)18(3)21-14-15-22-19-13-11-9-7-8-10-12-17(2)20(19)16-23(21,22)4/h17-22H,6-16H2,1-5H3. The second-order valence-electron chi connectivity index (χ2n) is 9.96. The number of hydrogen-bond acceptors (Lipinski definition) is 1. The molecule has 1 nitrogen and oxygen atoms in total. The van der Waals surface area contributed by atoms with Gasteiger partial charge in [-0.05, 0) is 81.2 Å². The van der Waals surface area contributed by atoms with E-state index >= 15 is 0 Å². The van der Waals surface area contributed by atoms with E-state index in [1.54, 1.807) is 6.42 Å². The second-order valence-corrected chi connectivity index (χ2v) is 9.96. The first-order valence-corrected chi connectivity index (χ1v) is 11.2. The molecule has 0 N–H and O–H groups in total. The third-order valence-corrected chi connectivity index (χ3v) is 8.93. The monoisotopic (exact) mass is 333 g/mol. The molecular weight excluding hydrogens is 290 g/mol. The van der Waals surface area contributed by atoms with Gasteiger partial charge in [-0.15, -0.1) is 0 Å². The van der Waals surface area contributed by atoms with Crippen LogP contribution >= 0.6 is 0 Å². The average Bonchev–Trinajstić information content (AvgIpc) is 3.04. The highest BCUT2D eigenvalue weighted by Gasteiger charge is 2.58. The van der Waals surface area contributed by atoms with Crippen molar-refractivity contribution < 1.29 is 0 Å². The van der Waals surface area contributed by atoms with Gasteiger partial charge in [0.05, 0.1) is 0 Å². The Morgan fingerprint density at radius 1 is 0.958 bits per heavy atom. The van der Waals surface area contributed by atoms with Crippen LogP contribution < -0.4 is 0 Å². The van der Waals surface area contributed by atoms with Crippen LogP contribution in [0.4, 0.5) is 0 Å². The lowest BCUT2D eigenvalue weighted by Gasteiger charge is -2.40. The molecule has 7 atom stereocenters. The molecule has 0 bridgehead atoms. The molecule has 24 heavy (non-hydrogen) atoms. The van der Waals surface area contributed by atoms with Gasteiger partial charge in [0.25, 0.3) is 0 Å². The molecule has 0 radical (unpaired) electrons. The molecule has 3 saturated carbocycles. The van der Waals surface area contributed by atoms with Crippen molar-refractivity contribution in [3.05, 3.63) is 0 Å². The van der Waals surface area contributed by atoms with Crippen molar-refractivity contribution in [2.45, 2.75) is 97.9 Å². The molecule has 0 spiro atoms. The lowest BCUT2D eigenvalue weighted by Crippen LogP contribution is -2.41. The summed E-state index contributed by atoms with van der Waals surface area (Å²) in [6, 6.07) is 0.760. The van der Waals surface area contributed by atoms with Crippen LogP contribution in [0.5, 0.6) is 0 Å². The summed E-state index contributed by atoms with van der Waals surface area (Å²) in [6.07, 6.45) is 15.1. The highest BCUT2D eigenvalue weighted by atomic mass is 15.1. The topological polar surface area (TPSA) is 3.24 Å². The minimum absolute atomic E-state index is 0.625. The summed E-state index contributed by atoms with van der Waals surface area (Å²) in [5.74, 6) is 5.00. The van der Waals surface area contributed by atoms with E-state index in [1.807, 2.05) is 0 Å². The molecule has 0 aromatic rings. The van der Waals surface area contributed by atoms with E-state index in [-0.39, 0.29) is 0 Å². The summed E-state index contributed by atoms with van der Waals surface area (Å²) in [5.41, 5.74) is 0.625. The minimum Gasteiger partial charge on any atom is -0.304 e. The van der Waals surface area contributed by atoms with E-state index in [9.17, 15) is 0 Å². The van der Waals surface area contributed by atoms with Gasteiger partial charge in [-0.1, -0.05) is 59.3 Å². The van der Waals surface area contributed by atoms with E-state index in [4.69, 9.17) is 0 Å². The predicted molar refractivity (Wildman–Crippen MR) is 105 cm³/mol. The first-order valence-electron chi connectivity index (χ1n) is 11.2. The van der Waals surface area contributed by atoms with Gasteiger partial charge < -0.3 is 4.90 Å². The fourth-order valence-corrected chi connectivity index (χ4v) is 7.27. The van der Waals surface area contributed by atoms with E-state index in [0.29, 0.717) is 5.41 Å². The van der Waals surface area contributed by atoms with Gasteiger partial charge in [-0.2, -0.15) is 0 Å². The first kappa shape index (κ1) is 18.7. The van der Waals surface area contributed by atoms with E-state index in [2.05, 4.69) is 39.6 Å². The molecule has 0 saturated heterocycles. The van der Waals surface area contributed by atoms with Crippen molar-refractivity contribution in [2.24, 2.45) is 35.0 Å². The molecule has 0 amide bonds. The molecule has 0 aromatic heterocycles. The molecule has 0 heterocycles. The van der Waals surface area contributed by atoms with Gasteiger partial charge in [0.2, 0.25) is 0 Å². The van der Waals surface area contributed by atoms with Crippen molar-refractivity contribution >= 4 is 0 Å². The normalized spacial score (nSPS) is 45.0. The SMILES string of the molecule is CCN(C)C(C)C1CCC2C3CCCCCCCC(C)C3CC21C. The van der Waals surface area contributed by atoms with Gasteiger partial charge in [-0.25, -0.2) is 0 Å². The highest BCUT2D eigenvalue weighted by Crippen LogP contribution is 2.65. The number of hydrogen-bond donors (Lipinski definition) is 0. The minimum atomic E-state index is 0.625. The fourth-order valence-electron chi connectivity index (χ4n) is 7.27. The van der Waals surface area contributed by atoms with Crippen LogP contribution in [-0.4, -0.2) is 24.5 Å². The average molecular weight is 334 g/mol. The lowest BCUT2D eigenvalue weighted by atomic mass is 9.71. The maximum atomic E-state index is 2.70. The van der Waals surface area contributed by atoms with Crippen LogP contribution in [-0.2, 0) is 0 Å². The zero-order valence-corrected chi connectivity index (χ0v) is 17.2. The third kappa shape index (κ3) is 3.31. The molecule has 0 aromatic carbocycles. The fraction of sp³-hybridized carbons (Fsp3) is 1.00. The maximum Gasteiger partial charge on any atom is 0.00973 e. The van der Waals surface area contributed by atoms with Gasteiger partial charge in [0.15, 0.2) is 0 Å². The summed E-state index contributed by atoms with van der Waals surface area (Å²) in [5, 5.41) is 0. The van der Waals surface area contributed by atoms with Crippen LogP contribution in [0.1, 0.15) is 91.9 Å². The maximum absolute atomic E-state index is 2.70. The Labute approximate surface area is 152 Å². The summed E-state index contributed by atoms with van der Waals surface area (Å²) in [4.78, 5) is 2.61. The van der Waals surface area contributed by atoms with Gasteiger partial charge in [0.1, 0.15) is 0 Å². The summed E-state index contributed by atoms with van der Waals surface area (Å²) < 4.78 is 0. The molecule has 7 unspecified atom stereocenters. The molecule has 0 aliphatic heterocycles. The molecule has 3 aliphatic carbocycles. The summed E-state index contributed by atoms with van der Waals surface area (Å²) in [7, 11) is 2.34. The van der Waals surface area contributed by atoms with E-state index < -0.39 is 0 Å². The zero-order valence-electron chi connectivity index (χ0n) is 17.2. The number of nitrogens with zero attached hydrogens (tertiary/aromatic N) is 1. The molecule has 140 valence electrons. The predicted octanol–water partition coefficient (Wildman–Crippen LogP) is 6.38. The van der Waals surface area contributed by atoms with E-state index in [0.717, 1.165) is 35.6 Å². The zero-order chi connectivity index (χ0) is 17.3. The summed E-state index contributed by atoms with van der Waals surface area (Å²) >= 11 is 0. The quantitative estimate of drug-likeness (QED) is 0.579. The van der Waals surface area contributed by atoms with Gasteiger partial charge in [0, 0.05) is 6.04 Å². The molecule has 3 fully saturated rings. The number of rotatable bonds is 3. The van der Waals surface area contributed by atoms with Crippen LogP contribution in [0.25, 0.3) is 0 Å². The van der Waals surface area contributed by atoms with Gasteiger partial charge in [-0.3, -0.25) is 0 Å². The van der Waals surface area contributed by atoms with Crippen LogP contribution in [0.3, 0.4) is 0 Å². The summed E-state index contributed by atoms with van der Waals surface area (Å²) in [6.45, 7) is 11.3. The van der Waals surface area contributed by atoms with Gasteiger partial charge >= 0.3 is 0 Å². The Morgan fingerprint density at radius 3 is 2.33 bits per heavy atom. The van der Waals surface area contributed by atoms with Crippen molar-refractivity contribution in [1.82, 2.24) is 4.90 Å². The highest BCUT2D eigenvalue weighted by molar-refractivity contribution is 5.08. The smallest absolute Gasteiger partial charge is 0.00973 e. The molecule has 3 rings (SSSR count). The van der Waals surface area contributed by atoms with Crippen molar-refractivity contribution in [3.63, 3.8) is 0 Å². The van der Waals surface area contributed by atoms with Crippen molar-refractivity contribution in [2.75, 3.05) is 13.6 Å². The first-order chi connectivity index (χ1) is 11.5. The second kappa shape index (κ2) is 7.68. The molecule has 3 aliphatic rings. The Kier molecular flexibility index (Phi) is 6.00. The van der Waals surface area contributed by atoms with E-state index in [1.165, 1.54) is 64.3 Å². The lowest BCUT2D eigenvalue weighted by molar-refractivity contribution is 0.0868. The third-order valence-electron chi connectivity index (χ3n) is 8.93. The Balaban J connectivity index is 1.80. The van der Waals surface area contributed by atoms with Crippen molar-refractivity contribution in [1.29, 1.82) is 0 Å². The Bertz CT molecular complexity index is 405. The largest absolute Gasteiger partial charge is 0.304 e. The van der Waals surface area contributed by atoms with Crippen LogP contribution in [0, 0.1) is 35.0 Å². The number of fused-ring (bicyclic) bond motifs is 3. The molecular formula is C23H43N. The van der Waals surface area contributed by atoms with Crippen molar-refractivity contribution in [3.8, 4) is 0 Å².